The van der Waals surface area contributed by atoms with Gasteiger partial charge in [-0.2, -0.15) is 0 Å². The van der Waals surface area contributed by atoms with Crippen LogP contribution in [-0.4, -0.2) is 39.0 Å². The van der Waals surface area contributed by atoms with Gasteiger partial charge in [-0.25, -0.2) is 0 Å². The van der Waals surface area contributed by atoms with Crippen LogP contribution in [0.5, 0.6) is 0 Å². The summed E-state index contributed by atoms with van der Waals surface area (Å²) >= 11 is -3.79. The summed E-state index contributed by atoms with van der Waals surface area (Å²) in [6.07, 6.45) is 0. The molecule has 0 bridgehead atoms. The number of hydrogen-bond acceptors (Lipinski definition) is 6. The van der Waals surface area contributed by atoms with E-state index in [1.54, 1.807) is 0 Å². The van der Waals surface area contributed by atoms with Crippen molar-refractivity contribution in [2.75, 3.05) is 7.11 Å². The Morgan fingerprint density at radius 3 is 0.762 bits per heavy atom. The molecule has 0 aliphatic carbocycles. The van der Waals surface area contributed by atoms with Crippen molar-refractivity contribution in [2.45, 2.75) is 37.1 Å². The molecule has 3 radical (unpaired) electrons. The predicted molar refractivity (Wildman–Crippen MR) is 65.4 cm³/mol. The average molecular weight is 459 g/mol. The molecule has 2 N–H and O–H groups in total. The van der Waals surface area contributed by atoms with Crippen LogP contribution in [0.4, 0.5) is 0 Å². The van der Waals surface area contributed by atoms with Gasteiger partial charge >= 0.3 is 25.4 Å². The molecule has 143 valence electrons. The number of hydrogen-bond donors (Lipinski definition) is 2. The van der Waals surface area contributed by atoms with E-state index < -0.39 is 14.0 Å². The van der Waals surface area contributed by atoms with Crippen molar-refractivity contribution >= 4 is 21.7 Å². The maximum atomic E-state index is 8.54. The zero-order valence-electron chi connectivity index (χ0n) is 7.62. The number of aliphatic hydroxyl groups excluding tert-OH is 1. The first-order valence-corrected chi connectivity index (χ1v) is 3.29. The molecular formula is C8H28Ar4BCrO7. The Bertz CT molecular complexity index is 152. The first kappa shape index (κ1) is 118. The molecule has 0 unspecified atom stereocenters. The zero-order chi connectivity index (χ0) is 10.3. The molecule has 0 aromatic heterocycles. The van der Waals surface area contributed by atoms with Crippen molar-refractivity contribution in [3.8, 4) is 0 Å². The van der Waals surface area contributed by atoms with Gasteiger partial charge in [0.2, 0.25) is 0 Å². The fourth-order valence-corrected chi connectivity index (χ4v) is 0. The number of carboxylic acid groups (broad SMARTS) is 1. The third kappa shape index (κ3) is 691. The molecule has 0 rings (SSSR count). The molecule has 13 heteroatoms. The quantitative estimate of drug-likeness (QED) is 0.416. The van der Waals surface area contributed by atoms with E-state index in [1.165, 1.54) is 0 Å². The third-order valence-corrected chi connectivity index (χ3v) is 0. The molecule has 0 aliphatic heterocycles. The standard InChI is InChI=1S/CH2O2.CH4O.CH2O.5CH4.4Ar.B.Cr.3O/c2-1-3;2*1-2;;;;;;;;;;;;;;/h1H,(H,2,3);2H,1H3;1H2;5*1H4;;;;;;;;;. The molecule has 0 amide bonds. The SMILES string of the molecule is C.C.C.C.C.C=O.CO.O=CO.[Ar].[Ar].[Ar].[Ar].[B].[O]=[Cr](=[O])=[O]. The second-order valence-electron chi connectivity index (χ2n) is 0.310. The normalized spacial score (nSPS) is 2.19. The molecule has 0 aromatic carbocycles. The van der Waals surface area contributed by atoms with E-state index in [9.17, 15) is 0 Å². The Morgan fingerprint density at radius 2 is 0.762 bits per heavy atom. The molecule has 0 atom stereocenters. The van der Waals surface area contributed by atoms with Crippen LogP contribution < -0.4 is 0 Å². The van der Waals surface area contributed by atoms with E-state index >= 15 is 0 Å². The summed E-state index contributed by atoms with van der Waals surface area (Å²) in [7, 11) is 1.00. The molecule has 0 aromatic rings. The molecule has 7 nitrogen and oxygen atoms in total. The van der Waals surface area contributed by atoms with Gasteiger partial charge in [0.1, 0.15) is 6.79 Å². The summed E-state index contributed by atoms with van der Waals surface area (Å²) in [5.41, 5.74) is 0. The van der Waals surface area contributed by atoms with E-state index in [1.807, 2.05) is 6.79 Å². The maximum absolute atomic E-state index is 8.54. The van der Waals surface area contributed by atoms with Crippen molar-refractivity contribution < 1.29 is 196 Å². The summed E-state index contributed by atoms with van der Waals surface area (Å²) in [5.74, 6) is 0. The van der Waals surface area contributed by atoms with Crippen LogP contribution in [0.3, 0.4) is 0 Å². The van der Waals surface area contributed by atoms with E-state index in [4.69, 9.17) is 31.2 Å². The van der Waals surface area contributed by atoms with E-state index in [0.29, 0.717) is 0 Å². The summed E-state index contributed by atoms with van der Waals surface area (Å²) < 4.78 is 25.6. The number of rotatable bonds is 0. The summed E-state index contributed by atoms with van der Waals surface area (Å²) in [4.78, 5) is 16.4. The number of carbonyl (C=O) groups excluding carboxylic acids is 1. The summed E-state index contributed by atoms with van der Waals surface area (Å²) in [6, 6.07) is 0. The van der Waals surface area contributed by atoms with Gasteiger partial charge in [0, 0.05) is 166 Å². The third-order valence-electron chi connectivity index (χ3n) is 0. The second-order valence-corrected chi connectivity index (χ2v) is 0.947. The topological polar surface area (TPSA) is 126 Å². The Morgan fingerprint density at radius 1 is 0.762 bits per heavy atom. The van der Waals surface area contributed by atoms with Gasteiger partial charge in [-0.15, -0.1) is 0 Å². The van der Waals surface area contributed by atoms with Gasteiger partial charge < -0.3 is 15.0 Å². The molecule has 0 saturated carbocycles. The molecule has 0 heterocycles. The van der Waals surface area contributed by atoms with Gasteiger partial charge in [0.25, 0.3) is 6.47 Å². The fourth-order valence-electron chi connectivity index (χ4n) is 0. The van der Waals surface area contributed by atoms with Crippen LogP contribution in [0.1, 0.15) is 37.1 Å². The Kier molecular flexibility index (Phi) is 1100. The van der Waals surface area contributed by atoms with Gasteiger partial charge in [-0.05, 0) is 0 Å². The Hall–Kier alpha value is 4.14. The van der Waals surface area contributed by atoms with Gasteiger partial charge in [0.15, 0.2) is 0 Å². The van der Waals surface area contributed by atoms with Crippen LogP contribution in [0.15, 0.2) is 0 Å². The van der Waals surface area contributed by atoms with E-state index in [-0.39, 0.29) is 203 Å². The van der Waals surface area contributed by atoms with Crippen LogP contribution in [-0.2, 0) is 35.0 Å². The van der Waals surface area contributed by atoms with E-state index in [0.717, 1.165) is 7.11 Å². The molecule has 21 heavy (non-hydrogen) atoms. The van der Waals surface area contributed by atoms with Gasteiger partial charge in [0.05, 0.1) is 0 Å². The van der Waals surface area contributed by atoms with Crippen LogP contribution in [0.2, 0.25) is 0 Å². The van der Waals surface area contributed by atoms with Crippen LogP contribution >= 0.6 is 0 Å². The first-order valence-electron chi connectivity index (χ1n) is 1.73. The van der Waals surface area contributed by atoms with Crippen molar-refractivity contribution in [3.63, 3.8) is 0 Å². The predicted octanol–water partition coefficient (Wildman–Crippen LogP) is 1.57. The molecule has 0 spiro atoms. The monoisotopic (exact) mass is 459 g/mol. The van der Waals surface area contributed by atoms with Crippen molar-refractivity contribution in [1.29, 1.82) is 0 Å². The van der Waals surface area contributed by atoms with Gasteiger partial charge in [-0.1, -0.05) is 37.1 Å². The van der Waals surface area contributed by atoms with Crippen molar-refractivity contribution in [1.82, 2.24) is 0 Å². The summed E-state index contributed by atoms with van der Waals surface area (Å²) in [6.45, 7) is 1.75. The Balaban J connectivity index is -0.00000000229. The van der Waals surface area contributed by atoms with Crippen LogP contribution in [0, 0.1) is 151 Å². The molecule has 0 fully saturated rings. The molecular weight excluding hydrogens is 431 g/mol. The first-order chi connectivity index (χ1) is 5.15. The zero-order valence-corrected chi connectivity index (χ0v) is 11.7. The summed E-state index contributed by atoms with van der Waals surface area (Å²) in [5, 5.41) is 13.9. The van der Waals surface area contributed by atoms with E-state index in [2.05, 4.69) is 0 Å². The number of aliphatic hydroxyl groups is 1. The van der Waals surface area contributed by atoms with Crippen molar-refractivity contribution in [3.05, 3.63) is 0 Å². The minimum atomic E-state index is -3.79. The molecule has 0 saturated heterocycles. The molecule has 0 aliphatic rings. The van der Waals surface area contributed by atoms with Gasteiger partial charge in [-0.3, -0.25) is 4.79 Å². The second kappa shape index (κ2) is 195. The van der Waals surface area contributed by atoms with Crippen molar-refractivity contribution in [2.24, 2.45) is 0 Å². The fraction of sp³-hybridized carbons (Fsp3) is 0.750. The Labute approximate surface area is 256 Å². The number of carbonyl (C=O) groups is 2. The van der Waals surface area contributed by atoms with Crippen LogP contribution in [0.25, 0.3) is 0 Å². The average Bonchev–Trinajstić information content (AvgIpc) is 1.96. The minimum absolute atomic E-state index is 0.